The van der Waals surface area contributed by atoms with E-state index in [-0.39, 0.29) is 29.6 Å². The third-order valence-corrected chi connectivity index (χ3v) is 5.42. The summed E-state index contributed by atoms with van der Waals surface area (Å²) in [5, 5.41) is 16.5. The lowest BCUT2D eigenvalue weighted by Crippen LogP contribution is -2.43. The molecule has 0 spiro atoms. The number of benzene rings is 1. The molecule has 2 aliphatic heterocycles. The quantitative estimate of drug-likeness (QED) is 0.860. The van der Waals surface area contributed by atoms with Gasteiger partial charge in [0.1, 0.15) is 11.5 Å². The van der Waals surface area contributed by atoms with E-state index in [0.29, 0.717) is 5.69 Å². The molecule has 2 aliphatic rings. The zero-order valence-corrected chi connectivity index (χ0v) is 14.7. The smallest absolute Gasteiger partial charge is 0.251 e. The largest absolute Gasteiger partial charge is 0.347 e. The van der Waals surface area contributed by atoms with Crippen molar-refractivity contribution in [3.8, 4) is 11.9 Å². The Morgan fingerprint density at radius 1 is 1.35 bits per heavy atom. The molecular weight excluding hydrogens is 333 g/mol. The highest BCUT2D eigenvalue weighted by molar-refractivity contribution is 5.94. The van der Waals surface area contributed by atoms with E-state index >= 15 is 0 Å². The molecular formula is C19H20FN5O. The SMILES string of the molecule is Cc1cc(C)n(-c2ccc(C(=O)N[C@@H]3C[C@@H]4CC[C@H]3N4C#N)cc2F)n1. The van der Waals surface area contributed by atoms with Crippen LogP contribution in [0.5, 0.6) is 0 Å². The molecule has 0 radical (unpaired) electrons. The summed E-state index contributed by atoms with van der Waals surface area (Å²) < 4.78 is 16.1. The van der Waals surface area contributed by atoms with Crippen LogP contribution in [-0.4, -0.2) is 38.7 Å². The van der Waals surface area contributed by atoms with Crippen molar-refractivity contribution in [2.24, 2.45) is 0 Å². The van der Waals surface area contributed by atoms with Crippen LogP contribution in [0, 0.1) is 31.1 Å². The minimum absolute atomic E-state index is 0.0559. The maximum Gasteiger partial charge on any atom is 0.251 e. The number of nitrogens with one attached hydrogen (secondary N) is 1. The van der Waals surface area contributed by atoms with Gasteiger partial charge >= 0.3 is 0 Å². The van der Waals surface area contributed by atoms with Gasteiger partial charge in [-0.25, -0.2) is 9.07 Å². The minimum atomic E-state index is -0.490. The fourth-order valence-electron chi connectivity index (χ4n) is 4.24. The number of nitrogens with zero attached hydrogens (tertiary/aromatic N) is 4. The van der Waals surface area contributed by atoms with Gasteiger partial charge in [0.05, 0.1) is 17.8 Å². The first kappa shape index (κ1) is 16.6. The van der Waals surface area contributed by atoms with E-state index in [1.165, 1.54) is 10.7 Å². The monoisotopic (exact) mass is 353 g/mol. The van der Waals surface area contributed by atoms with Crippen molar-refractivity contribution >= 4 is 5.91 Å². The highest BCUT2D eigenvalue weighted by Crippen LogP contribution is 2.37. The van der Waals surface area contributed by atoms with Gasteiger partial charge in [-0.2, -0.15) is 10.4 Å². The first-order valence-electron chi connectivity index (χ1n) is 8.80. The van der Waals surface area contributed by atoms with Gasteiger partial charge in [0.25, 0.3) is 5.91 Å². The van der Waals surface area contributed by atoms with E-state index in [1.807, 2.05) is 19.9 Å². The molecule has 1 aromatic heterocycles. The second-order valence-electron chi connectivity index (χ2n) is 7.13. The predicted octanol–water partition coefficient (Wildman–Crippen LogP) is 2.44. The first-order valence-corrected chi connectivity index (χ1v) is 8.80. The number of nitriles is 1. The van der Waals surface area contributed by atoms with Crippen molar-refractivity contribution in [2.45, 2.75) is 51.2 Å². The molecule has 1 aromatic carbocycles. The number of aryl methyl sites for hydroxylation is 2. The van der Waals surface area contributed by atoms with Crippen molar-refractivity contribution in [1.29, 1.82) is 5.26 Å². The highest BCUT2D eigenvalue weighted by atomic mass is 19.1. The molecule has 2 aromatic rings. The number of carbonyl (C=O) groups is 1. The van der Waals surface area contributed by atoms with E-state index < -0.39 is 5.82 Å². The maximum atomic E-state index is 14.6. The molecule has 2 fully saturated rings. The van der Waals surface area contributed by atoms with E-state index in [1.54, 1.807) is 17.0 Å². The number of hydrogen-bond donors (Lipinski definition) is 1. The van der Waals surface area contributed by atoms with Crippen LogP contribution in [0.25, 0.3) is 5.69 Å². The van der Waals surface area contributed by atoms with Gasteiger partial charge in [-0.15, -0.1) is 0 Å². The lowest BCUT2D eigenvalue weighted by atomic mass is 9.95. The molecule has 2 bridgehead atoms. The number of amides is 1. The summed E-state index contributed by atoms with van der Waals surface area (Å²) in [5.41, 5.74) is 2.24. The Hall–Kier alpha value is -2.88. The number of aromatic nitrogens is 2. The Balaban J connectivity index is 1.52. The molecule has 4 rings (SSSR count). The van der Waals surface area contributed by atoms with Gasteiger partial charge in [-0.3, -0.25) is 4.79 Å². The number of halogens is 1. The first-order chi connectivity index (χ1) is 12.5. The summed E-state index contributed by atoms with van der Waals surface area (Å²) in [5.74, 6) is -0.797. The van der Waals surface area contributed by atoms with Crippen LogP contribution in [0.1, 0.15) is 41.0 Å². The number of hydrogen-bond acceptors (Lipinski definition) is 4. The molecule has 134 valence electrons. The Morgan fingerprint density at radius 3 is 2.77 bits per heavy atom. The van der Waals surface area contributed by atoms with Gasteiger partial charge in [0.2, 0.25) is 0 Å². The Kier molecular flexibility index (Phi) is 3.91. The average Bonchev–Trinajstić information content (AvgIpc) is 3.26. The van der Waals surface area contributed by atoms with Crippen molar-refractivity contribution in [3.05, 3.63) is 47.0 Å². The topological polar surface area (TPSA) is 74.0 Å². The summed E-state index contributed by atoms with van der Waals surface area (Å²) in [6.07, 6.45) is 4.91. The highest BCUT2D eigenvalue weighted by Gasteiger charge is 2.46. The van der Waals surface area contributed by atoms with Crippen molar-refractivity contribution in [3.63, 3.8) is 0 Å². The molecule has 7 heteroatoms. The third kappa shape index (κ3) is 2.62. The van der Waals surface area contributed by atoms with Crippen LogP contribution in [0.2, 0.25) is 0 Å². The van der Waals surface area contributed by atoms with Crippen LogP contribution in [0.15, 0.2) is 24.3 Å². The summed E-state index contributed by atoms with van der Waals surface area (Å²) in [4.78, 5) is 14.3. The van der Waals surface area contributed by atoms with Gasteiger partial charge in [-0.1, -0.05) is 0 Å². The van der Waals surface area contributed by atoms with E-state index in [9.17, 15) is 14.4 Å². The number of fused-ring (bicyclic) bond motifs is 2. The van der Waals surface area contributed by atoms with Crippen LogP contribution in [0.4, 0.5) is 4.39 Å². The van der Waals surface area contributed by atoms with Crippen LogP contribution in [-0.2, 0) is 0 Å². The van der Waals surface area contributed by atoms with Crippen molar-refractivity contribution in [1.82, 2.24) is 20.0 Å². The lowest BCUT2D eigenvalue weighted by molar-refractivity contribution is 0.0928. The van der Waals surface area contributed by atoms with Gasteiger partial charge in [0, 0.05) is 17.3 Å². The zero-order valence-electron chi connectivity index (χ0n) is 14.7. The molecule has 1 N–H and O–H groups in total. The third-order valence-electron chi connectivity index (χ3n) is 5.42. The van der Waals surface area contributed by atoms with Gasteiger partial charge < -0.3 is 10.2 Å². The van der Waals surface area contributed by atoms with Gasteiger partial charge in [-0.05, 0) is 57.4 Å². The van der Waals surface area contributed by atoms with Crippen LogP contribution >= 0.6 is 0 Å². The van der Waals surface area contributed by atoms with Crippen molar-refractivity contribution in [2.75, 3.05) is 0 Å². The van der Waals surface area contributed by atoms with E-state index in [2.05, 4.69) is 16.6 Å². The minimum Gasteiger partial charge on any atom is -0.347 e. The summed E-state index contributed by atoms with van der Waals surface area (Å²) >= 11 is 0. The lowest BCUT2D eigenvalue weighted by Gasteiger charge is -2.22. The molecule has 0 unspecified atom stereocenters. The van der Waals surface area contributed by atoms with E-state index in [4.69, 9.17) is 0 Å². The second kappa shape index (κ2) is 6.13. The summed E-state index contributed by atoms with van der Waals surface area (Å²) in [6.45, 7) is 3.71. The van der Waals surface area contributed by atoms with Crippen molar-refractivity contribution < 1.29 is 9.18 Å². The fourth-order valence-corrected chi connectivity index (χ4v) is 4.24. The van der Waals surface area contributed by atoms with E-state index in [0.717, 1.165) is 30.7 Å². The Morgan fingerprint density at radius 2 is 2.15 bits per heavy atom. The normalized spacial score (nSPS) is 23.9. The average molecular weight is 353 g/mol. The molecule has 6 nitrogen and oxygen atoms in total. The number of carbonyl (C=O) groups excluding carboxylic acids is 1. The number of rotatable bonds is 3. The molecule has 1 amide bonds. The van der Waals surface area contributed by atoms with Gasteiger partial charge in [0.15, 0.2) is 6.19 Å². The molecule has 2 saturated heterocycles. The standard InChI is InChI=1S/C19H20FN5O/c1-11-7-12(2)25(23-11)17-5-3-13(8-15(17)20)19(26)22-16-9-14-4-6-18(16)24(14)10-21/h3,5,7-8,14,16,18H,4,6,9H2,1-2H3,(H,22,26)/t14-,16+,18+/m0/s1. The molecule has 3 atom stereocenters. The molecule has 0 saturated carbocycles. The predicted molar refractivity (Wildman–Crippen MR) is 93.1 cm³/mol. The maximum absolute atomic E-state index is 14.6. The molecule has 0 aliphatic carbocycles. The Bertz CT molecular complexity index is 915. The molecule has 3 heterocycles. The van der Waals surface area contributed by atoms with Crippen LogP contribution < -0.4 is 5.32 Å². The van der Waals surface area contributed by atoms with Crippen LogP contribution in [0.3, 0.4) is 0 Å². The summed E-state index contributed by atoms with van der Waals surface area (Å²) in [6, 6.07) is 6.53. The summed E-state index contributed by atoms with van der Waals surface area (Å²) in [7, 11) is 0. The second-order valence-corrected chi connectivity index (χ2v) is 7.13. The Labute approximate surface area is 151 Å². The molecule has 26 heavy (non-hydrogen) atoms. The fraction of sp³-hybridized carbons (Fsp3) is 0.421. The zero-order chi connectivity index (χ0) is 18.4.